The number of nitrogens with one attached hydrogen (secondary N) is 2. The van der Waals surface area contributed by atoms with E-state index in [4.69, 9.17) is 4.74 Å². The van der Waals surface area contributed by atoms with Crippen molar-refractivity contribution in [3.63, 3.8) is 0 Å². The van der Waals surface area contributed by atoms with Gasteiger partial charge in [-0.1, -0.05) is 6.07 Å². The Hall–Kier alpha value is -2.15. The summed E-state index contributed by atoms with van der Waals surface area (Å²) in [4.78, 5) is 22.7. The van der Waals surface area contributed by atoms with Crippen LogP contribution in [0.15, 0.2) is 18.2 Å². The number of carbonyl (C=O) groups is 1. The van der Waals surface area contributed by atoms with Gasteiger partial charge in [0.1, 0.15) is 5.69 Å². The summed E-state index contributed by atoms with van der Waals surface area (Å²) in [7, 11) is 1.54. The van der Waals surface area contributed by atoms with Crippen molar-refractivity contribution in [1.82, 2.24) is 5.32 Å². The Kier molecular flexibility index (Phi) is 5.66. The molecule has 0 saturated heterocycles. The van der Waals surface area contributed by atoms with Gasteiger partial charge in [0.2, 0.25) is 0 Å². The lowest BCUT2D eigenvalue weighted by atomic mass is 10.1. The summed E-state index contributed by atoms with van der Waals surface area (Å²) in [5, 5.41) is 16.4. The molecule has 7 nitrogen and oxygen atoms in total. The smallest absolute Gasteiger partial charge is 0.293 e. The molecule has 0 heterocycles. The largest absolute Gasteiger partial charge is 0.382 e. The molecule has 0 saturated carbocycles. The molecule has 0 atom stereocenters. The third-order valence-corrected chi connectivity index (χ3v) is 2.94. The molecule has 7 heteroatoms. The molecule has 0 aliphatic heterocycles. The Morgan fingerprint density at radius 3 is 2.62 bits per heavy atom. The van der Waals surface area contributed by atoms with Crippen LogP contribution in [0.3, 0.4) is 0 Å². The van der Waals surface area contributed by atoms with E-state index in [1.54, 1.807) is 13.1 Å². The highest BCUT2D eigenvalue weighted by atomic mass is 16.6. The molecular formula is C14H21N3O4. The van der Waals surface area contributed by atoms with Gasteiger partial charge in [0.15, 0.2) is 0 Å². The molecule has 0 radical (unpaired) electrons. The number of benzene rings is 1. The standard InChI is InChI=1S/C14H21N3O4/c1-5-21-14(2,3)9-16-13(18)10-7-6-8-11(17(19)20)12(10)15-4/h6-8,15H,5,9H2,1-4H3,(H,16,18). The summed E-state index contributed by atoms with van der Waals surface area (Å²) in [5.74, 6) is -0.379. The highest BCUT2D eigenvalue weighted by Crippen LogP contribution is 2.27. The van der Waals surface area contributed by atoms with Crippen LogP contribution in [0.1, 0.15) is 31.1 Å². The summed E-state index contributed by atoms with van der Waals surface area (Å²) in [6, 6.07) is 4.39. The number of hydrogen-bond donors (Lipinski definition) is 2. The number of ether oxygens (including phenoxy) is 1. The van der Waals surface area contributed by atoms with Crippen molar-refractivity contribution in [1.29, 1.82) is 0 Å². The predicted octanol–water partition coefficient (Wildman–Crippen LogP) is 2.18. The van der Waals surface area contributed by atoms with Crippen molar-refractivity contribution in [3.8, 4) is 0 Å². The van der Waals surface area contributed by atoms with Gasteiger partial charge in [0.25, 0.3) is 11.6 Å². The Balaban J connectivity index is 2.93. The van der Waals surface area contributed by atoms with Gasteiger partial charge in [0, 0.05) is 26.3 Å². The van der Waals surface area contributed by atoms with Gasteiger partial charge in [-0.2, -0.15) is 0 Å². The lowest BCUT2D eigenvalue weighted by molar-refractivity contribution is -0.384. The molecule has 116 valence electrons. The minimum atomic E-state index is -0.521. The van der Waals surface area contributed by atoms with Gasteiger partial charge in [0.05, 0.1) is 16.1 Å². The fraction of sp³-hybridized carbons (Fsp3) is 0.500. The molecule has 21 heavy (non-hydrogen) atoms. The fourth-order valence-electron chi connectivity index (χ4n) is 1.97. The Morgan fingerprint density at radius 2 is 2.10 bits per heavy atom. The van der Waals surface area contributed by atoms with E-state index in [-0.39, 0.29) is 22.8 Å². The molecule has 0 aromatic heterocycles. The molecule has 2 N–H and O–H groups in total. The van der Waals surface area contributed by atoms with Gasteiger partial charge in [-0.15, -0.1) is 0 Å². The zero-order valence-electron chi connectivity index (χ0n) is 12.7. The molecular weight excluding hydrogens is 274 g/mol. The lowest BCUT2D eigenvalue weighted by Crippen LogP contribution is -2.40. The van der Waals surface area contributed by atoms with Crippen molar-refractivity contribution >= 4 is 17.3 Å². The minimum Gasteiger partial charge on any atom is -0.382 e. The number of para-hydroxylation sites is 1. The number of nitro groups is 1. The van der Waals surface area contributed by atoms with Crippen molar-refractivity contribution in [3.05, 3.63) is 33.9 Å². The first-order chi connectivity index (χ1) is 9.82. The second-order valence-electron chi connectivity index (χ2n) is 5.08. The minimum absolute atomic E-state index is 0.130. The van der Waals surface area contributed by atoms with Crippen molar-refractivity contribution in [2.45, 2.75) is 26.4 Å². The molecule has 0 spiro atoms. The number of amides is 1. The van der Waals surface area contributed by atoms with Crippen LogP contribution in [-0.4, -0.2) is 36.6 Å². The number of nitrogens with zero attached hydrogens (tertiary/aromatic N) is 1. The van der Waals surface area contributed by atoms with Gasteiger partial charge in [-0.25, -0.2) is 0 Å². The summed E-state index contributed by atoms with van der Waals surface area (Å²) in [5.41, 5.74) is -0.187. The van der Waals surface area contributed by atoms with Gasteiger partial charge in [-0.3, -0.25) is 14.9 Å². The summed E-state index contributed by atoms with van der Waals surface area (Å²) < 4.78 is 5.50. The molecule has 1 rings (SSSR count). The monoisotopic (exact) mass is 295 g/mol. The second kappa shape index (κ2) is 7.03. The fourth-order valence-corrected chi connectivity index (χ4v) is 1.97. The molecule has 0 aliphatic rings. The average molecular weight is 295 g/mol. The van der Waals surface area contributed by atoms with Crippen LogP contribution in [0, 0.1) is 10.1 Å². The van der Waals surface area contributed by atoms with Gasteiger partial charge >= 0.3 is 0 Å². The Morgan fingerprint density at radius 1 is 1.43 bits per heavy atom. The Bertz CT molecular complexity index is 529. The molecule has 1 amide bonds. The molecule has 1 aromatic carbocycles. The molecule has 0 aliphatic carbocycles. The molecule has 1 aromatic rings. The average Bonchev–Trinajstić information content (AvgIpc) is 2.43. The molecule has 0 fully saturated rings. The highest BCUT2D eigenvalue weighted by molar-refractivity contribution is 6.01. The normalized spacial score (nSPS) is 11.0. The van der Waals surface area contributed by atoms with E-state index in [1.807, 2.05) is 20.8 Å². The SMILES string of the molecule is CCOC(C)(C)CNC(=O)c1cccc([N+](=O)[O-])c1NC. The second-order valence-corrected chi connectivity index (χ2v) is 5.08. The van der Waals surface area contributed by atoms with E-state index in [0.29, 0.717) is 13.2 Å². The van der Waals surface area contributed by atoms with Crippen LogP contribution >= 0.6 is 0 Å². The third kappa shape index (κ3) is 4.42. The summed E-state index contributed by atoms with van der Waals surface area (Å²) >= 11 is 0. The number of anilines is 1. The quantitative estimate of drug-likeness (QED) is 0.594. The number of hydrogen-bond acceptors (Lipinski definition) is 5. The van der Waals surface area contributed by atoms with E-state index in [0.717, 1.165) is 0 Å². The van der Waals surface area contributed by atoms with Crippen LogP contribution in [0.2, 0.25) is 0 Å². The maximum Gasteiger partial charge on any atom is 0.293 e. The first kappa shape index (κ1) is 16.9. The van der Waals surface area contributed by atoms with Crippen molar-refractivity contribution < 1.29 is 14.5 Å². The number of rotatable bonds is 7. The van der Waals surface area contributed by atoms with Crippen molar-refractivity contribution in [2.75, 3.05) is 25.5 Å². The zero-order chi connectivity index (χ0) is 16.0. The van der Waals surface area contributed by atoms with Crippen LogP contribution in [0.25, 0.3) is 0 Å². The topological polar surface area (TPSA) is 93.5 Å². The summed E-state index contributed by atoms with van der Waals surface area (Å²) in [6.45, 7) is 6.46. The zero-order valence-corrected chi connectivity index (χ0v) is 12.7. The lowest BCUT2D eigenvalue weighted by Gasteiger charge is -2.25. The van der Waals surface area contributed by atoms with Gasteiger partial charge < -0.3 is 15.4 Å². The maximum atomic E-state index is 12.2. The van der Waals surface area contributed by atoms with E-state index in [2.05, 4.69) is 10.6 Å². The Labute approximate surface area is 123 Å². The van der Waals surface area contributed by atoms with E-state index in [9.17, 15) is 14.9 Å². The van der Waals surface area contributed by atoms with Crippen LogP contribution in [0.5, 0.6) is 0 Å². The molecule has 0 bridgehead atoms. The number of nitro benzene ring substituents is 1. The van der Waals surface area contributed by atoms with Gasteiger partial charge in [-0.05, 0) is 26.8 Å². The van der Waals surface area contributed by atoms with E-state index >= 15 is 0 Å². The predicted molar refractivity (Wildman–Crippen MR) is 80.7 cm³/mol. The van der Waals surface area contributed by atoms with Crippen LogP contribution < -0.4 is 10.6 Å². The number of carbonyl (C=O) groups excluding carboxylic acids is 1. The highest BCUT2D eigenvalue weighted by Gasteiger charge is 2.23. The van der Waals surface area contributed by atoms with Crippen LogP contribution in [-0.2, 0) is 4.74 Å². The summed E-state index contributed by atoms with van der Waals surface area (Å²) in [6.07, 6.45) is 0. The first-order valence-corrected chi connectivity index (χ1v) is 6.69. The van der Waals surface area contributed by atoms with E-state index < -0.39 is 10.5 Å². The van der Waals surface area contributed by atoms with Crippen molar-refractivity contribution in [2.24, 2.45) is 0 Å². The van der Waals surface area contributed by atoms with Crippen LogP contribution in [0.4, 0.5) is 11.4 Å². The maximum absolute atomic E-state index is 12.2. The molecule has 0 unspecified atom stereocenters. The first-order valence-electron chi connectivity index (χ1n) is 6.69. The van der Waals surface area contributed by atoms with E-state index in [1.165, 1.54) is 12.1 Å². The third-order valence-electron chi connectivity index (χ3n) is 2.94.